The van der Waals surface area contributed by atoms with Crippen LogP contribution in [0, 0.1) is 25.7 Å². The fourth-order valence-electron chi connectivity index (χ4n) is 1.59. The van der Waals surface area contributed by atoms with Crippen molar-refractivity contribution in [3.8, 4) is 11.8 Å². The normalized spacial score (nSPS) is 9.75. The Morgan fingerprint density at radius 2 is 2.25 bits per heavy atom. The molecule has 2 rings (SSSR count). The first kappa shape index (κ1) is 14.2. The number of aryl methyl sites for hydroxylation is 2. The number of nitrogens with zero attached hydrogens (tertiary/aromatic N) is 2. The largest absolute Gasteiger partial charge is 0.384 e. The number of aliphatic hydroxyl groups excluding tert-OH is 1. The second-order valence-corrected chi connectivity index (χ2v) is 4.89. The predicted molar refractivity (Wildman–Crippen MR) is 77.7 cm³/mol. The maximum Gasteiger partial charge on any atom is 0.269 e. The number of anilines is 1. The third kappa shape index (κ3) is 3.20. The fourth-order valence-corrected chi connectivity index (χ4v) is 2.15. The average molecular weight is 287 g/mol. The van der Waals surface area contributed by atoms with Gasteiger partial charge in [0.25, 0.3) is 5.91 Å². The van der Waals surface area contributed by atoms with Gasteiger partial charge in [-0.15, -0.1) is 5.10 Å². The van der Waals surface area contributed by atoms with Crippen molar-refractivity contribution in [2.75, 3.05) is 11.9 Å². The van der Waals surface area contributed by atoms with Gasteiger partial charge < -0.3 is 10.4 Å². The molecule has 2 aromatic rings. The lowest BCUT2D eigenvalue weighted by Crippen LogP contribution is -2.12. The van der Waals surface area contributed by atoms with Crippen molar-refractivity contribution in [3.05, 3.63) is 39.9 Å². The minimum absolute atomic E-state index is 0.193. The second kappa shape index (κ2) is 6.28. The molecule has 1 amide bonds. The maximum atomic E-state index is 12.1. The molecule has 1 heterocycles. The predicted octanol–water partition coefficient (Wildman–Crippen LogP) is 1.75. The summed E-state index contributed by atoms with van der Waals surface area (Å²) in [5.41, 5.74) is 2.97. The highest BCUT2D eigenvalue weighted by molar-refractivity contribution is 7.08. The van der Waals surface area contributed by atoms with Crippen LogP contribution in [0.3, 0.4) is 0 Å². The maximum absolute atomic E-state index is 12.1. The van der Waals surface area contributed by atoms with Gasteiger partial charge in [-0.25, -0.2) is 0 Å². The van der Waals surface area contributed by atoms with Crippen LogP contribution in [0.4, 0.5) is 5.69 Å². The summed E-state index contributed by atoms with van der Waals surface area (Å²) in [7, 11) is 0. The first-order chi connectivity index (χ1) is 9.61. The molecule has 0 aliphatic rings. The Morgan fingerprint density at radius 3 is 2.90 bits per heavy atom. The van der Waals surface area contributed by atoms with E-state index in [2.05, 4.69) is 26.7 Å². The highest BCUT2D eigenvalue weighted by Gasteiger charge is 2.14. The third-order valence-corrected chi connectivity index (χ3v) is 3.48. The van der Waals surface area contributed by atoms with Gasteiger partial charge in [0.1, 0.15) is 11.5 Å². The summed E-state index contributed by atoms with van der Waals surface area (Å²) < 4.78 is 3.75. The van der Waals surface area contributed by atoms with E-state index in [1.807, 2.05) is 19.1 Å². The number of rotatable bonds is 2. The standard InChI is InChI=1S/C14H13N3O2S/c1-9-5-6-11(4-3-7-18)8-12(9)15-14(19)13-10(2)16-17-20-13/h5-6,8,18H,7H2,1-2H3,(H,15,19). The highest BCUT2D eigenvalue weighted by atomic mass is 32.1. The Balaban J connectivity index is 2.25. The van der Waals surface area contributed by atoms with E-state index >= 15 is 0 Å². The van der Waals surface area contributed by atoms with E-state index in [1.165, 1.54) is 0 Å². The molecule has 0 aliphatic heterocycles. The molecule has 0 saturated carbocycles. The van der Waals surface area contributed by atoms with Crippen LogP contribution in [-0.2, 0) is 0 Å². The van der Waals surface area contributed by atoms with E-state index in [-0.39, 0.29) is 12.5 Å². The molecule has 6 heteroatoms. The number of aromatic nitrogens is 2. The molecule has 0 unspecified atom stereocenters. The summed E-state index contributed by atoms with van der Waals surface area (Å²) >= 11 is 1.07. The van der Waals surface area contributed by atoms with E-state index in [4.69, 9.17) is 5.11 Å². The molecule has 5 nitrogen and oxygen atoms in total. The number of nitrogens with one attached hydrogen (secondary N) is 1. The number of aliphatic hydroxyl groups is 1. The van der Waals surface area contributed by atoms with Crippen molar-refractivity contribution in [1.82, 2.24) is 9.59 Å². The molecule has 0 fully saturated rings. The molecule has 20 heavy (non-hydrogen) atoms. The Kier molecular flexibility index (Phi) is 4.45. The number of benzene rings is 1. The molecule has 0 bridgehead atoms. The zero-order valence-electron chi connectivity index (χ0n) is 11.1. The van der Waals surface area contributed by atoms with Gasteiger partial charge in [0.15, 0.2) is 0 Å². The molecule has 0 radical (unpaired) electrons. The van der Waals surface area contributed by atoms with E-state index < -0.39 is 0 Å². The molecule has 102 valence electrons. The molecule has 0 aliphatic carbocycles. The van der Waals surface area contributed by atoms with Crippen molar-refractivity contribution in [1.29, 1.82) is 0 Å². The van der Waals surface area contributed by atoms with E-state index in [0.29, 0.717) is 16.3 Å². The van der Waals surface area contributed by atoms with Crippen molar-refractivity contribution in [2.45, 2.75) is 13.8 Å². The van der Waals surface area contributed by atoms with Crippen LogP contribution in [0.1, 0.15) is 26.5 Å². The summed E-state index contributed by atoms with van der Waals surface area (Å²) in [6.07, 6.45) is 0. The summed E-state index contributed by atoms with van der Waals surface area (Å²) in [4.78, 5) is 12.6. The lowest BCUT2D eigenvalue weighted by molar-refractivity contribution is 0.102. The van der Waals surface area contributed by atoms with Crippen LogP contribution in [0.25, 0.3) is 0 Å². The van der Waals surface area contributed by atoms with Crippen LogP contribution in [0.15, 0.2) is 18.2 Å². The number of carbonyl (C=O) groups is 1. The van der Waals surface area contributed by atoms with Crippen molar-refractivity contribution >= 4 is 23.1 Å². The van der Waals surface area contributed by atoms with E-state index in [1.54, 1.807) is 13.0 Å². The SMILES string of the molecule is Cc1ccc(C#CCO)cc1NC(=O)c1snnc1C. The molecular weight excluding hydrogens is 274 g/mol. The van der Waals surface area contributed by atoms with Gasteiger partial charge in [0.2, 0.25) is 0 Å². The van der Waals surface area contributed by atoms with E-state index in [9.17, 15) is 4.79 Å². The monoisotopic (exact) mass is 287 g/mol. The summed E-state index contributed by atoms with van der Waals surface area (Å²) in [5.74, 6) is 5.16. The van der Waals surface area contributed by atoms with Crippen LogP contribution >= 0.6 is 11.5 Å². The quantitative estimate of drug-likeness (QED) is 0.825. The number of hydrogen-bond acceptors (Lipinski definition) is 5. The minimum Gasteiger partial charge on any atom is -0.384 e. The van der Waals surface area contributed by atoms with Gasteiger partial charge >= 0.3 is 0 Å². The van der Waals surface area contributed by atoms with Crippen LogP contribution in [0.5, 0.6) is 0 Å². The molecule has 1 aromatic heterocycles. The zero-order chi connectivity index (χ0) is 14.5. The summed E-state index contributed by atoms with van der Waals surface area (Å²) in [6, 6.07) is 5.49. The van der Waals surface area contributed by atoms with Gasteiger partial charge in [-0.05, 0) is 43.1 Å². The molecular formula is C14H13N3O2S. The van der Waals surface area contributed by atoms with Crippen LogP contribution in [0.2, 0.25) is 0 Å². The van der Waals surface area contributed by atoms with Gasteiger partial charge in [-0.1, -0.05) is 22.4 Å². The Bertz CT molecular complexity index is 698. The Hall–Kier alpha value is -2.23. The van der Waals surface area contributed by atoms with Gasteiger partial charge in [0, 0.05) is 11.3 Å². The molecule has 0 spiro atoms. The zero-order valence-corrected chi connectivity index (χ0v) is 11.9. The van der Waals surface area contributed by atoms with Gasteiger partial charge in [-0.3, -0.25) is 4.79 Å². The van der Waals surface area contributed by atoms with Crippen molar-refractivity contribution < 1.29 is 9.90 Å². The third-order valence-electron chi connectivity index (χ3n) is 2.66. The van der Waals surface area contributed by atoms with Crippen molar-refractivity contribution in [2.24, 2.45) is 0 Å². The first-order valence-electron chi connectivity index (χ1n) is 5.92. The number of carbonyl (C=O) groups excluding carboxylic acids is 1. The molecule has 0 saturated heterocycles. The topological polar surface area (TPSA) is 75.1 Å². The van der Waals surface area contributed by atoms with Gasteiger partial charge in [0.05, 0.1) is 5.69 Å². The summed E-state index contributed by atoms with van der Waals surface area (Å²) in [5, 5.41) is 15.3. The molecule has 1 aromatic carbocycles. The van der Waals surface area contributed by atoms with Crippen LogP contribution in [-0.4, -0.2) is 27.2 Å². The first-order valence-corrected chi connectivity index (χ1v) is 6.70. The van der Waals surface area contributed by atoms with Crippen LogP contribution < -0.4 is 5.32 Å². The van der Waals surface area contributed by atoms with Crippen molar-refractivity contribution in [3.63, 3.8) is 0 Å². The fraction of sp³-hybridized carbons (Fsp3) is 0.214. The lowest BCUT2D eigenvalue weighted by Gasteiger charge is -2.08. The lowest BCUT2D eigenvalue weighted by atomic mass is 10.1. The number of hydrogen-bond donors (Lipinski definition) is 2. The Morgan fingerprint density at radius 1 is 1.45 bits per heavy atom. The smallest absolute Gasteiger partial charge is 0.269 e. The summed E-state index contributed by atoms with van der Waals surface area (Å²) in [6.45, 7) is 3.45. The molecule has 0 atom stereocenters. The van der Waals surface area contributed by atoms with E-state index in [0.717, 1.165) is 22.7 Å². The Labute approximate surface area is 120 Å². The number of amides is 1. The highest BCUT2D eigenvalue weighted by Crippen LogP contribution is 2.19. The average Bonchev–Trinajstić information content (AvgIpc) is 2.86. The van der Waals surface area contributed by atoms with Gasteiger partial charge in [-0.2, -0.15) is 0 Å². The molecule has 2 N–H and O–H groups in total. The minimum atomic E-state index is -0.229. The second-order valence-electron chi connectivity index (χ2n) is 4.13.